The fourth-order valence-electron chi connectivity index (χ4n) is 1.99. The van der Waals surface area contributed by atoms with Gasteiger partial charge in [0.1, 0.15) is 0 Å². The van der Waals surface area contributed by atoms with E-state index in [1.54, 1.807) is 12.1 Å². The Morgan fingerprint density at radius 3 is 2.76 bits per heavy atom. The number of rotatable bonds is 6. The molecule has 0 bridgehead atoms. The molecule has 2 heterocycles. The molecule has 0 unspecified atom stereocenters. The number of hydrogen-bond donors (Lipinski definition) is 2. The van der Waals surface area contributed by atoms with Crippen LogP contribution in [0.3, 0.4) is 0 Å². The van der Waals surface area contributed by atoms with Gasteiger partial charge in [-0.15, -0.1) is 0 Å². The highest BCUT2D eigenvalue weighted by molar-refractivity contribution is 5.96. The molecule has 2 rings (SSSR count). The van der Waals surface area contributed by atoms with Crippen molar-refractivity contribution in [2.75, 3.05) is 26.4 Å². The van der Waals surface area contributed by atoms with E-state index in [9.17, 15) is 9.59 Å². The number of amides is 2. The second-order valence-electron chi connectivity index (χ2n) is 4.90. The van der Waals surface area contributed by atoms with Crippen LogP contribution in [-0.2, 0) is 9.53 Å². The first-order valence-electron chi connectivity index (χ1n) is 6.88. The van der Waals surface area contributed by atoms with Gasteiger partial charge >= 0.3 is 0 Å². The lowest BCUT2D eigenvalue weighted by atomic mass is 10.0. The second-order valence-corrected chi connectivity index (χ2v) is 4.90. The third-order valence-corrected chi connectivity index (χ3v) is 3.23. The van der Waals surface area contributed by atoms with Gasteiger partial charge in [0.25, 0.3) is 5.91 Å². The summed E-state index contributed by atoms with van der Waals surface area (Å²) < 4.78 is 10.9. The monoisotopic (exact) mass is 293 g/mol. The zero-order valence-electron chi connectivity index (χ0n) is 11.7. The van der Waals surface area contributed by atoms with Crippen LogP contribution >= 0.6 is 0 Å². The lowest BCUT2D eigenvalue weighted by molar-refractivity contribution is -0.117. The van der Waals surface area contributed by atoms with Gasteiger partial charge in [0, 0.05) is 25.5 Å². The molecule has 0 aliphatic carbocycles. The Bertz CT molecular complexity index is 483. The van der Waals surface area contributed by atoms with Crippen molar-refractivity contribution in [3.8, 4) is 5.88 Å². The van der Waals surface area contributed by atoms with Gasteiger partial charge in [0.05, 0.1) is 18.7 Å². The van der Waals surface area contributed by atoms with E-state index in [1.165, 1.54) is 6.20 Å². The Morgan fingerprint density at radius 1 is 1.38 bits per heavy atom. The standard InChI is InChI=1S/C14H19N3O4/c15-12(18)8-17-14(19)11-1-2-13(16-7-11)21-9-10-3-5-20-6-4-10/h1-2,7,10H,3-6,8-9H2,(H2,15,18)(H,17,19). The molecule has 7 heteroatoms. The first kappa shape index (κ1) is 15.2. The van der Waals surface area contributed by atoms with E-state index in [2.05, 4.69) is 10.3 Å². The summed E-state index contributed by atoms with van der Waals surface area (Å²) in [4.78, 5) is 26.3. The van der Waals surface area contributed by atoms with Crippen molar-refractivity contribution in [1.29, 1.82) is 0 Å². The van der Waals surface area contributed by atoms with Crippen LogP contribution < -0.4 is 15.8 Å². The van der Waals surface area contributed by atoms with Crippen LogP contribution in [0.15, 0.2) is 18.3 Å². The first-order valence-corrected chi connectivity index (χ1v) is 6.88. The molecule has 1 aromatic rings. The highest BCUT2D eigenvalue weighted by Gasteiger charge is 2.15. The number of ether oxygens (including phenoxy) is 2. The number of nitrogens with zero attached hydrogens (tertiary/aromatic N) is 1. The predicted octanol–water partition coefficient (Wildman–Crippen LogP) is 0.102. The van der Waals surface area contributed by atoms with Crippen molar-refractivity contribution < 1.29 is 19.1 Å². The maximum Gasteiger partial charge on any atom is 0.253 e. The minimum atomic E-state index is -0.590. The molecule has 2 amide bonds. The zero-order valence-corrected chi connectivity index (χ0v) is 11.7. The van der Waals surface area contributed by atoms with Gasteiger partial charge < -0.3 is 20.5 Å². The maximum atomic E-state index is 11.7. The van der Waals surface area contributed by atoms with E-state index in [0.717, 1.165) is 26.1 Å². The molecule has 114 valence electrons. The van der Waals surface area contributed by atoms with Crippen LogP contribution in [0.25, 0.3) is 0 Å². The molecular formula is C14H19N3O4. The van der Waals surface area contributed by atoms with Gasteiger partial charge in [-0.1, -0.05) is 0 Å². The van der Waals surface area contributed by atoms with Crippen LogP contribution in [0.2, 0.25) is 0 Å². The molecule has 0 radical (unpaired) electrons. The summed E-state index contributed by atoms with van der Waals surface area (Å²) in [5, 5.41) is 2.39. The molecule has 7 nitrogen and oxygen atoms in total. The van der Waals surface area contributed by atoms with E-state index in [4.69, 9.17) is 15.2 Å². The van der Waals surface area contributed by atoms with E-state index in [1.807, 2.05) is 0 Å². The summed E-state index contributed by atoms with van der Waals surface area (Å²) in [6.45, 7) is 1.96. The van der Waals surface area contributed by atoms with Crippen LogP contribution in [0, 0.1) is 5.92 Å². The Hall–Kier alpha value is -2.15. The van der Waals surface area contributed by atoms with E-state index >= 15 is 0 Å². The van der Waals surface area contributed by atoms with Gasteiger partial charge in [0.15, 0.2) is 0 Å². The molecule has 0 aromatic carbocycles. The van der Waals surface area contributed by atoms with Crippen molar-refractivity contribution in [3.63, 3.8) is 0 Å². The number of nitrogens with one attached hydrogen (secondary N) is 1. The maximum absolute atomic E-state index is 11.7. The molecule has 1 aliphatic heterocycles. The summed E-state index contributed by atoms with van der Waals surface area (Å²) in [5.41, 5.74) is 5.31. The number of hydrogen-bond acceptors (Lipinski definition) is 5. The van der Waals surface area contributed by atoms with Gasteiger partial charge in [-0.05, 0) is 24.8 Å². The minimum Gasteiger partial charge on any atom is -0.477 e. The van der Waals surface area contributed by atoms with Gasteiger partial charge in [-0.3, -0.25) is 9.59 Å². The summed E-state index contributed by atoms with van der Waals surface area (Å²) in [6, 6.07) is 3.24. The molecular weight excluding hydrogens is 274 g/mol. The van der Waals surface area contributed by atoms with Crippen LogP contribution in [-0.4, -0.2) is 43.2 Å². The molecule has 1 aliphatic rings. The first-order chi connectivity index (χ1) is 10.1. The van der Waals surface area contributed by atoms with Gasteiger partial charge in [0.2, 0.25) is 11.8 Å². The molecule has 21 heavy (non-hydrogen) atoms. The second kappa shape index (κ2) is 7.58. The third kappa shape index (κ3) is 5.03. The number of carbonyl (C=O) groups excluding carboxylic acids is 2. The lowest BCUT2D eigenvalue weighted by Gasteiger charge is -2.21. The van der Waals surface area contributed by atoms with Gasteiger partial charge in [-0.25, -0.2) is 4.98 Å². The smallest absolute Gasteiger partial charge is 0.253 e. The molecule has 1 aromatic heterocycles. The van der Waals surface area contributed by atoms with Crippen molar-refractivity contribution in [2.24, 2.45) is 11.7 Å². The van der Waals surface area contributed by atoms with Crippen molar-refractivity contribution >= 4 is 11.8 Å². The topological polar surface area (TPSA) is 104 Å². The fourth-order valence-corrected chi connectivity index (χ4v) is 1.99. The Kier molecular flexibility index (Phi) is 5.51. The number of pyridine rings is 1. The van der Waals surface area contributed by atoms with E-state index < -0.39 is 11.8 Å². The quantitative estimate of drug-likeness (QED) is 0.774. The SMILES string of the molecule is NC(=O)CNC(=O)c1ccc(OCC2CCOCC2)nc1. The average molecular weight is 293 g/mol. The predicted molar refractivity (Wildman–Crippen MR) is 74.8 cm³/mol. The number of nitrogens with two attached hydrogens (primary N) is 1. The highest BCUT2D eigenvalue weighted by Crippen LogP contribution is 2.16. The largest absolute Gasteiger partial charge is 0.477 e. The van der Waals surface area contributed by atoms with Gasteiger partial charge in [-0.2, -0.15) is 0 Å². The van der Waals surface area contributed by atoms with Crippen molar-refractivity contribution in [3.05, 3.63) is 23.9 Å². The third-order valence-electron chi connectivity index (χ3n) is 3.23. The normalized spacial score (nSPS) is 15.4. The van der Waals surface area contributed by atoms with Crippen LogP contribution in [0.5, 0.6) is 5.88 Å². The Labute approximate surface area is 122 Å². The fraction of sp³-hybridized carbons (Fsp3) is 0.500. The van der Waals surface area contributed by atoms with Crippen LogP contribution in [0.4, 0.5) is 0 Å². The van der Waals surface area contributed by atoms with E-state index in [0.29, 0.717) is 24.0 Å². The molecule has 1 fully saturated rings. The molecule has 0 saturated carbocycles. The summed E-state index contributed by atoms with van der Waals surface area (Å²) in [6.07, 6.45) is 3.40. The number of aromatic nitrogens is 1. The highest BCUT2D eigenvalue weighted by atomic mass is 16.5. The summed E-state index contributed by atoms with van der Waals surface area (Å²) in [7, 11) is 0. The molecule has 3 N–H and O–H groups in total. The minimum absolute atomic E-state index is 0.194. The van der Waals surface area contributed by atoms with Crippen molar-refractivity contribution in [1.82, 2.24) is 10.3 Å². The Balaban J connectivity index is 1.80. The zero-order chi connectivity index (χ0) is 15.1. The Morgan fingerprint density at radius 2 is 2.14 bits per heavy atom. The van der Waals surface area contributed by atoms with E-state index in [-0.39, 0.29) is 6.54 Å². The lowest BCUT2D eigenvalue weighted by Crippen LogP contribution is -2.33. The summed E-state index contributed by atoms with van der Waals surface area (Å²) in [5.74, 6) is -0.0166. The van der Waals surface area contributed by atoms with Crippen molar-refractivity contribution in [2.45, 2.75) is 12.8 Å². The number of primary amides is 1. The van der Waals surface area contributed by atoms with Crippen LogP contribution in [0.1, 0.15) is 23.2 Å². The molecule has 1 saturated heterocycles. The summed E-state index contributed by atoms with van der Waals surface area (Å²) >= 11 is 0. The number of carbonyl (C=O) groups is 2. The molecule has 0 spiro atoms. The molecule has 0 atom stereocenters. The average Bonchev–Trinajstić information content (AvgIpc) is 2.52.